The van der Waals surface area contributed by atoms with E-state index in [1.165, 1.54) is 12.1 Å². The standard InChI is InChI=1S/C13H12FN3O/c1-9(3-2-8-15)13-16-12(17-18-13)10-4-6-11(14)7-5-10/h4-7,9H,2-3H2,1H3. The highest BCUT2D eigenvalue weighted by atomic mass is 19.1. The molecule has 0 bridgehead atoms. The maximum absolute atomic E-state index is 12.8. The molecule has 2 rings (SSSR count). The Hall–Kier alpha value is -2.22. The smallest absolute Gasteiger partial charge is 0.229 e. The Kier molecular flexibility index (Phi) is 3.68. The topological polar surface area (TPSA) is 62.7 Å². The molecule has 1 aromatic carbocycles. The number of nitriles is 1. The summed E-state index contributed by atoms with van der Waals surface area (Å²) in [6.07, 6.45) is 1.14. The van der Waals surface area contributed by atoms with E-state index in [1.807, 2.05) is 6.92 Å². The molecule has 0 aliphatic carbocycles. The summed E-state index contributed by atoms with van der Waals surface area (Å²) in [5, 5.41) is 12.4. The molecule has 0 aliphatic rings. The van der Waals surface area contributed by atoms with Crippen LogP contribution in [0.3, 0.4) is 0 Å². The Morgan fingerprint density at radius 2 is 2.11 bits per heavy atom. The van der Waals surface area contributed by atoms with E-state index in [2.05, 4.69) is 16.2 Å². The molecule has 18 heavy (non-hydrogen) atoms. The molecule has 0 aliphatic heterocycles. The molecule has 0 fully saturated rings. The largest absolute Gasteiger partial charge is 0.339 e. The number of rotatable bonds is 4. The van der Waals surface area contributed by atoms with Gasteiger partial charge in [-0.3, -0.25) is 0 Å². The first-order valence-corrected chi connectivity index (χ1v) is 5.67. The quantitative estimate of drug-likeness (QED) is 0.829. The van der Waals surface area contributed by atoms with Crippen molar-refractivity contribution in [2.45, 2.75) is 25.7 Å². The summed E-state index contributed by atoms with van der Waals surface area (Å²) in [7, 11) is 0. The first-order valence-electron chi connectivity index (χ1n) is 5.67. The Bertz CT molecular complexity index is 556. The second kappa shape index (κ2) is 5.41. The molecule has 1 aromatic heterocycles. The average molecular weight is 245 g/mol. The number of hydrogen-bond donors (Lipinski definition) is 0. The summed E-state index contributed by atoms with van der Waals surface area (Å²) < 4.78 is 17.9. The molecule has 1 atom stereocenters. The lowest BCUT2D eigenvalue weighted by atomic mass is 10.1. The van der Waals surface area contributed by atoms with Gasteiger partial charge in [-0.25, -0.2) is 4.39 Å². The van der Waals surface area contributed by atoms with Gasteiger partial charge in [-0.05, 0) is 30.7 Å². The highest BCUT2D eigenvalue weighted by Gasteiger charge is 2.14. The van der Waals surface area contributed by atoms with Crippen molar-refractivity contribution in [3.05, 3.63) is 36.0 Å². The number of hydrogen-bond acceptors (Lipinski definition) is 4. The predicted octanol–water partition coefficient (Wildman–Crippen LogP) is 3.28. The van der Waals surface area contributed by atoms with Crippen molar-refractivity contribution in [3.63, 3.8) is 0 Å². The molecule has 0 N–H and O–H groups in total. The Labute approximate surface area is 104 Å². The summed E-state index contributed by atoms with van der Waals surface area (Å²) in [5.74, 6) is 0.689. The van der Waals surface area contributed by atoms with Gasteiger partial charge in [0.25, 0.3) is 0 Å². The van der Waals surface area contributed by atoms with Gasteiger partial charge < -0.3 is 4.52 Å². The minimum absolute atomic E-state index is 0.0475. The fraction of sp³-hybridized carbons (Fsp3) is 0.308. The third-order valence-electron chi connectivity index (χ3n) is 2.65. The number of nitrogens with zero attached hydrogens (tertiary/aromatic N) is 3. The third-order valence-corrected chi connectivity index (χ3v) is 2.65. The SMILES string of the molecule is CC(CCC#N)c1nc(-c2ccc(F)cc2)no1. The van der Waals surface area contributed by atoms with E-state index in [0.29, 0.717) is 30.1 Å². The van der Waals surface area contributed by atoms with Crippen LogP contribution in [0.1, 0.15) is 31.6 Å². The van der Waals surface area contributed by atoms with E-state index in [9.17, 15) is 4.39 Å². The van der Waals surface area contributed by atoms with Crippen molar-refractivity contribution in [2.75, 3.05) is 0 Å². The van der Waals surface area contributed by atoms with Crippen molar-refractivity contribution < 1.29 is 8.91 Å². The van der Waals surface area contributed by atoms with E-state index < -0.39 is 0 Å². The molecule has 0 saturated heterocycles. The van der Waals surface area contributed by atoms with E-state index in [4.69, 9.17) is 9.78 Å². The van der Waals surface area contributed by atoms with Gasteiger partial charge in [-0.15, -0.1) is 0 Å². The minimum atomic E-state index is -0.301. The van der Waals surface area contributed by atoms with Gasteiger partial charge in [-0.1, -0.05) is 12.1 Å². The zero-order valence-corrected chi connectivity index (χ0v) is 9.93. The highest BCUT2D eigenvalue weighted by Crippen LogP contribution is 2.22. The maximum atomic E-state index is 12.8. The highest BCUT2D eigenvalue weighted by molar-refractivity contribution is 5.53. The lowest BCUT2D eigenvalue weighted by molar-refractivity contribution is 0.355. The molecule has 0 amide bonds. The molecule has 5 heteroatoms. The summed E-state index contributed by atoms with van der Waals surface area (Å²) in [5.41, 5.74) is 0.707. The fourth-order valence-corrected chi connectivity index (χ4v) is 1.56. The van der Waals surface area contributed by atoms with Crippen LogP contribution in [0.5, 0.6) is 0 Å². The molecular formula is C13H12FN3O. The Morgan fingerprint density at radius 1 is 1.39 bits per heavy atom. The van der Waals surface area contributed by atoms with Crippen LogP contribution < -0.4 is 0 Å². The summed E-state index contributed by atoms with van der Waals surface area (Å²) >= 11 is 0. The first-order chi connectivity index (χ1) is 8.70. The van der Waals surface area contributed by atoms with E-state index in [0.717, 1.165) is 0 Å². The van der Waals surface area contributed by atoms with Gasteiger partial charge in [0.2, 0.25) is 11.7 Å². The lowest BCUT2D eigenvalue weighted by Crippen LogP contribution is -1.93. The van der Waals surface area contributed by atoms with Crippen LogP contribution in [-0.2, 0) is 0 Å². The van der Waals surface area contributed by atoms with Crippen LogP contribution in [0.4, 0.5) is 4.39 Å². The zero-order valence-electron chi connectivity index (χ0n) is 9.93. The lowest BCUT2D eigenvalue weighted by Gasteiger charge is -2.00. The summed E-state index contributed by atoms with van der Waals surface area (Å²) in [4.78, 5) is 4.25. The summed E-state index contributed by atoms with van der Waals surface area (Å²) in [6.45, 7) is 1.93. The van der Waals surface area contributed by atoms with Crippen molar-refractivity contribution in [3.8, 4) is 17.5 Å². The van der Waals surface area contributed by atoms with Crippen LogP contribution in [0.25, 0.3) is 11.4 Å². The number of halogens is 1. The predicted molar refractivity (Wildman–Crippen MR) is 63.0 cm³/mol. The minimum Gasteiger partial charge on any atom is -0.339 e. The van der Waals surface area contributed by atoms with Gasteiger partial charge in [0, 0.05) is 17.9 Å². The van der Waals surface area contributed by atoms with Crippen molar-refractivity contribution in [1.29, 1.82) is 5.26 Å². The van der Waals surface area contributed by atoms with E-state index >= 15 is 0 Å². The third kappa shape index (κ3) is 2.72. The van der Waals surface area contributed by atoms with Crippen LogP contribution in [-0.4, -0.2) is 10.1 Å². The van der Waals surface area contributed by atoms with Gasteiger partial charge in [0.1, 0.15) is 5.82 Å². The summed E-state index contributed by atoms with van der Waals surface area (Å²) in [6, 6.07) is 7.99. The van der Waals surface area contributed by atoms with Gasteiger partial charge in [-0.2, -0.15) is 10.2 Å². The first kappa shape index (κ1) is 12.2. The molecule has 0 saturated carbocycles. The molecule has 1 unspecified atom stereocenters. The zero-order chi connectivity index (χ0) is 13.0. The average Bonchev–Trinajstić information content (AvgIpc) is 2.86. The normalized spacial score (nSPS) is 12.1. The van der Waals surface area contributed by atoms with Crippen LogP contribution in [0.2, 0.25) is 0 Å². The van der Waals surface area contributed by atoms with Crippen molar-refractivity contribution >= 4 is 0 Å². The number of benzene rings is 1. The second-order valence-electron chi connectivity index (χ2n) is 4.06. The molecule has 1 heterocycles. The second-order valence-corrected chi connectivity index (χ2v) is 4.06. The maximum Gasteiger partial charge on any atom is 0.229 e. The van der Waals surface area contributed by atoms with Crippen LogP contribution in [0, 0.1) is 17.1 Å². The molecule has 4 nitrogen and oxygen atoms in total. The molecule has 0 radical (unpaired) electrons. The Balaban J connectivity index is 2.15. The van der Waals surface area contributed by atoms with Crippen molar-refractivity contribution in [2.24, 2.45) is 0 Å². The monoisotopic (exact) mass is 245 g/mol. The molecule has 0 spiro atoms. The fourth-order valence-electron chi connectivity index (χ4n) is 1.56. The van der Waals surface area contributed by atoms with Gasteiger partial charge in [0.05, 0.1) is 6.07 Å². The molecule has 92 valence electrons. The number of aromatic nitrogens is 2. The van der Waals surface area contributed by atoms with Crippen LogP contribution >= 0.6 is 0 Å². The van der Waals surface area contributed by atoms with Crippen LogP contribution in [0.15, 0.2) is 28.8 Å². The van der Waals surface area contributed by atoms with E-state index in [-0.39, 0.29) is 11.7 Å². The van der Waals surface area contributed by atoms with Gasteiger partial charge in [0.15, 0.2) is 0 Å². The Morgan fingerprint density at radius 3 is 2.78 bits per heavy atom. The molecule has 2 aromatic rings. The van der Waals surface area contributed by atoms with Crippen molar-refractivity contribution in [1.82, 2.24) is 10.1 Å². The molecular weight excluding hydrogens is 233 g/mol. The van der Waals surface area contributed by atoms with Gasteiger partial charge >= 0.3 is 0 Å². The van der Waals surface area contributed by atoms with E-state index in [1.54, 1.807) is 12.1 Å².